The molecule has 1 aliphatic rings. The van der Waals surface area contributed by atoms with Gasteiger partial charge >= 0.3 is 0 Å². The Hall–Kier alpha value is -2.54. The van der Waals surface area contributed by atoms with E-state index in [1.54, 1.807) is 0 Å². The summed E-state index contributed by atoms with van der Waals surface area (Å²) in [6, 6.07) is 20.8. The van der Waals surface area contributed by atoms with Crippen LogP contribution < -0.4 is 5.32 Å². The molecule has 0 aliphatic carbocycles. The summed E-state index contributed by atoms with van der Waals surface area (Å²) in [4.78, 5) is 0. The number of rotatable bonds is 2. The topological polar surface area (TPSA) is 12.0 Å². The number of benzene rings is 2. The van der Waals surface area contributed by atoms with Crippen molar-refractivity contribution >= 4 is 11.3 Å². The molecular weight excluding hydrogens is 230 g/mol. The van der Waals surface area contributed by atoms with E-state index in [9.17, 15) is 0 Å². The molecule has 0 radical (unpaired) electrons. The van der Waals surface area contributed by atoms with Gasteiger partial charge in [-0.25, -0.2) is 0 Å². The van der Waals surface area contributed by atoms with Gasteiger partial charge in [0.2, 0.25) is 0 Å². The van der Waals surface area contributed by atoms with Gasteiger partial charge in [-0.2, -0.15) is 0 Å². The first-order valence-corrected chi connectivity index (χ1v) is 6.40. The normalized spacial score (nSPS) is 14.1. The van der Waals surface area contributed by atoms with E-state index >= 15 is 0 Å². The third-order valence-corrected chi connectivity index (χ3v) is 3.11. The van der Waals surface area contributed by atoms with E-state index < -0.39 is 0 Å². The van der Waals surface area contributed by atoms with Crippen LogP contribution in [0.15, 0.2) is 85.1 Å². The molecule has 1 aliphatic heterocycles. The molecule has 92 valence electrons. The van der Waals surface area contributed by atoms with Crippen molar-refractivity contribution in [2.75, 3.05) is 0 Å². The Bertz CT molecular complexity index is 634. The number of nitrogens with one attached hydrogen (secondary N) is 1. The van der Waals surface area contributed by atoms with E-state index in [1.807, 2.05) is 24.4 Å². The van der Waals surface area contributed by atoms with Crippen molar-refractivity contribution in [1.82, 2.24) is 5.32 Å². The fraction of sp³-hybridized carbons (Fsp3) is 0. The number of hydrogen-bond donors (Lipinski definition) is 1. The highest BCUT2D eigenvalue weighted by Gasteiger charge is 2.09. The SMILES string of the molecule is C1=CNC(c2ccccc2)=C(c2ccccc2)C=C1. The molecule has 19 heavy (non-hydrogen) atoms. The van der Waals surface area contributed by atoms with Crippen molar-refractivity contribution in [2.45, 2.75) is 0 Å². The van der Waals surface area contributed by atoms with Crippen LogP contribution in [0.3, 0.4) is 0 Å². The molecule has 3 rings (SSSR count). The molecule has 0 atom stereocenters. The molecule has 1 heteroatoms. The van der Waals surface area contributed by atoms with Gasteiger partial charge < -0.3 is 5.32 Å². The van der Waals surface area contributed by atoms with E-state index in [2.05, 4.69) is 66.0 Å². The van der Waals surface area contributed by atoms with Gasteiger partial charge in [0.05, 0.1) is 5.70 Å². The minimum atomic E-state index is 1.14. The Kier molecular flexibility index (Phi) is 3.28. The molecule has 0 saturated heterocycles. The molecule has 0 aromatic heterocycles. The van der Waals surface area contributed by atoms with Gasteiger partial charge in [-0.15, -0.1) is 0 Å². The van der Waals surface area contributed by atoms with E-state index in [0.717, 1.165) is 5.70 Å². The van der Waals surface area contributed by atoms with Crippen LogP contribution in [0.2, 0.25) is 0 Å². The maximum Gasteiger partial charge on any atom is 0.0533 e. The second-order valence-electron chi connectivity index (χ2n) is 4.38. The predicted octanol–water partition coefficient (Wildman–Crippen LogP) is 4.23. The Labute approximate surface area is 113 Å². The van der Waals surface area contributed by atoms with E-state index in [0.29, 0.717) is 0 Å². The fourth-order valence-electron chi connectivity index (χ4n) is 2.20. The fourth-order valence-corrected chi connectivity index (χ4v) is 2.20. The maximum absolute atomic E-state index is 3.38. The van der Waals surface area contributed by atoms with Crippen molar-refractivity contribution in [3.8, 4) is 0 Å². The van der Waals surface area contributed by atoms with E-state index in [1.165, 1.54) is 16.7 Å². The van der Waals surface area contributed by atoms with Gasteiger partial charge in [0.25, 0.3) is 0 Å². The molecule has 0 fully saturated rings. The van der Waals surface area contributed by atoms with Gasteiger partial charge in [-0.1, -0.05) is 72.8 Å². The van der Waals surface area contributed by atoms with Gasteiger partial charge in [-0.3, -0.25) is 0 Å². The second-order valence-corrected chi connectivity index (χ2v) is 4.38. The first-order chi connectivity index (χ1) is 9.45. The Morgan fingerprint density at radius 1 is 0.632 bits per heavy atom. The number of allylic oxidation sites excluding steroid dienone is 4. The standard InChI is InChI=1S/C18H15N/c1-3-9-15(10-4-1)17-13-7-8-14-19-18(17)16-11-5-2-6-12-16/h1-14,19H. The molecule has 2 aromatic rings. The lowest BCUT2D eigenvalue weighted by Gasteiger charge is -2.12. The highest BCUT2D eigenvalue weighted by molar-refractivity contribution is 5.95. The minimum Gasteiger partial charge on any atom is -0.361 e. The largest absolute Gasteiger partial charge is 0.361 e. The van der Waals surface area contributed by atoms with Gasteiger partial charge in [-0.05, 0) is 17.2 Å². The zero-order chi connectivity index (χ0) is 12.9. The first kappa shape index (κ1) is 11.5. The summed E-state index contributed by atoms with van der Waals surface area (Å²) in [5.74, 6) is 0. The highest BCUT2D eigenvalue weighted by atomic mass is 14.9. The van der Waals surface area contributed by atoms with Crippen LogP contribution in [-0.4, -0.2) is 0 Å². The van der Waals surface area contributed by atoms with Crippen molar-refractivity contribution < 1.29 is 0 Å². The van der Waals surface area contributed by atoms with Crippen molar-refractivity contribution in [2.24, 2.45) is 0 Å². The van der Waals surface area contributed by atoms with E-state index in [4.69, 9.17) is 0 Å². The lowest BCUT2D eigenvalue weighted by Crippen LogP contribution is -2.05. The average molecular weight is 245 g/mol. The number of hydrogen-bond acceptors (Lipinski definition) is 1. The molecule has 0 bridgehead atoms. The van der Waals surface area contributed by atoms with Gasteiger partial charge in [0, 0.05) is 11.8 Å². The van der Waals surface area contributed by atoms with Gasteiger partial charge in [0.15, 0.2) is 0 Å². The zero-order valence-corrected chi connectivity index (χ0v) is 10.6. The summed E-state index contributed by atoms with van der Waals surface area (Å²) in [5.41, 5.74) is 4.75. The summed E-state index contributed by atoms with van der Waals surface area (Å²) in [7, 11) is 0. The molecule has 0 unspecified atom stereocenters. The Morgan fingerprint density at radius 2 is 1.26 bits per heavy atom. The Morgan fingerprint density at radius 3 is 1.95 bits per heavy atom. The highest BCUT2D eigenvalue weighted by Crippen LogP contribution is 2.26. The van der Waals surface area contributed by atoms with Crippen molar-refractivity contribution in [1.29, 1.82) is 0 Å². The minimum absolute atomic E-state index is 1.14. The summed E-state index contributed by atoms with van der Waals surface area (Å²) in [5, 5.41) is 3.38. The molecule has 0 saturated carbocycles. The van der Waals surface area contributed by atoms with Crippen molar-refractivity contribution in [3.63, 3.8) is 0 Å². The Balaban J connectivity index is 2.17. The third kappa shape index (κ3) is 2.50. The summed E-state index contributed by atoms with van der Waals surface area (Å²) in [6.45, 7) is 0. The maximum atomic E-state index is 3.38. The predicted molar refractivity (Wildman–Crippen MR) is 81.1 cm³/mol. The summed E-state index contributed by atoms with van der Waals surface area (Å²) >= 11 is 0. The monoisotopic (exact) mass is 245 g/mol. The second kappa shape index (κ2) is 5.40. The summed E-state index contributed by atoms with van der Waals surface area (Å²) in [6.07, 6.45) is 8.19. The van der Waals surface area contributed by atoms with Crippen LogP contribution in [0, 0.1) is 0 Å². The van der Waals surface area contributed by atoms with E-state index in [-0.39, 0.29) is 0 Å². The zero-order valence-electron chi connectivity index (χ0n) is 10.6. The first-order valence-electron chi connectivity index (χ1n) is 6.40. The van der Waals surface area contributed by atoms with Crippen molar-refractivity contribution in [3.05, 3.63) is 96.2 Å². The molecule has 1 N–H and O–H groups in total. The van der Waals surface area contributed by atoms with Crippen LogP contribution >= 0.6 is 0 Å². The molecular formula is C18H15N. The van der Waals surface area contributed by atoms with Crippen LogP contribution in [0.1, 0.15) is 11.1 Å². The van der Waals surface area contributed by atoms with Crippen LogP contribution in [-0.2, 0) is 0 Å². The molecule has 0 spiro atoms. The lowest BCUT2D eigenvalue weighted by molar-refractivity contribution is 1.22. The molecule has 1 heterocycles. The van der Waals surface area contributed by atoms with Crippen LogP contribution in [0.4, 0.5) is 0 Å². The quantitative estimate of drug-likeness (QED) is 0.835. The lowest BCUT2D eigenvalue weighted by atomic mass is 9.99. The third-order valence-electron chi connectivity index (χ3n) is 3.11. The molecule has 1 nitrogen and oxygen atoms in total. The van der Waals surface area contributed by atoms with Crippen LogP contribution in [0.5, 0.6) is 0 Å². The smallest absolute Gasteiger partial charge is 0.0533 e. The molecule has 2 aromatic carbocycles. The molecule has 0 amide bonds. The van der Waals surface area contributed by atoms with Gasteiger partial charge in [0.1, 0.15) is 0 Å². The summed E-state index contributed by atoms with van der Waals surface area (Å²) < 4.78 is 0. The average Bonchev–Trinajstić information content (AvgIpc) is 2.75. The van der Waals surface area contributed by atoms with Crippen LogP contribution in [0.25, 0.3) is 11.3 Å².